The highest BCUT2D eigenvalue weighted by Crippen LogP contribution is 2.24. The lowest BCUT2D eigenvalue weighted by Gasteiger charge is -2.25. The average Bonchev–Trinajstić information content (AvgIpc) is 3.56. The molecule has 1 aliphatic carbocycles. The van der Waals surface area contributed by atoms with E-state index < -0.39 is 0 Å². The van der Waals surface area contributed by atoms with Gasteiger partial charge in [0.15, 0.2) is 0 Å². The highest BCUT2D eigenvalue weighted by atomic mass is 16.5. The smallest absolute Gasteiger partial charge is 0.251 e. The van der Waals surface area contributed by atoms with Gasteiger partial charge in [0.05, 0.1) is 19.7 Å². The molecule has 1 aliphatic rings. The molecular weight excluding hydrogens is 390 g/mol. The predicted octanol–water partition coefficient (Wildman–Crippen LogP) is 3.53. The summed E-state index contributed by atoms with van der Waals surface area (Å²) < 4.78 is 5.22. The van der Waals surface area contributed by atoms with Gasteiger partial charge < -0.3 is 15.4 Å². The summed E-state index contributed by atoms with van der Waals surface area (Å²) >= 11 is 0. The zero-order valence-corrected chi connectivity index (χ0v) is 18.9. The summed E-state index contributed by atoms with van der Waals surface area (Å²) in [6, 6.07) is 15.7. The molecule has 0 heterocycles. The van der Waals surface area contributed by atoms with Crippen LogP contribution in [0.4, 0.5) is 0 Å². The molecule has 0 radical (unpaired) electrons. The van der Waals surface area contributed by atoms with Crippen molar-refractivity contribution in [2.24, 2.45) is 5.92 Å². The van der Waals surface area contributed by atoms with Crippen molar-refractivity contribution < 1.29 is 14.3 Å². The molecule has 0 aliphatic heterocycles. The van der Waals surface area contributed by atoms with E-state index in [0.717, 1.165) is 29.7 Å². The van der Waals surface area contributed by atoms with Crippen molar-refractivity contribution in [3.05, 3.63) is 65.2 Å². The molecule has 1 fully saturated rings. The SMILES string of the molecule is COc1ccc(C(NC(=O)CN(C)Cc2ccc(C(=O)NC3CC3)cc2)C(C)C)cc1. The van der Waals surface area contributed by atoms with Crippen LogP contribution < -0.4 is 15.4 Å². The van der Waals surface area contributed by atoms with Crippen LogP contribution in [-0.4, -0.2) is 43.5 Å². The molecule has 1 saturated carbocycles. The van der Waals surface area contributed by atoms with E-state index in [0.29, 0.717) is 24.7 Å². The highest BCUT2D eigenvalue weighted by Gasteiger charge is 2.23. The predicted molar refractivity (Wildman–Crippen MR) is 122 cm³/mol. The molecule has 6 nitrogen and oxygen atoms in total. The summed E-state index contributed by atoms with van der Waals surface area (Å²) in [7, 11) is 3.56. The molecular formula is C25H33N3O3. The Morgan fingerprint density at radius 3 is 2.26 bits per heavy atom. The van der Waals surface area contributed by atoms with E-state index in [2.05, 4.69) is 24.5 Å². The van der Waals surface area contributed by atoms with Crippen LogP contribution >= 0.6 is 0 Å². The number of hydrogen-bond donors (Lipinski definition) is 2. The zero-order chi connectivity index (χ0) is 22.4. The lowest BCUT2D eigenvalue weighted by atomic mass is 9.96. The lowest BCUT2D eigenvalue weighted by Crippen LogP contribution is -2.38. The fraction of sp³-hybridized carbons (Fsp3) is 0.440. The maximum Gasteiger partial charge on any atom is 0.251 e. The first-order chi connectivity index (χ1) is 14.9. The molecule has 1 unspecified atom stereocenters. The van der Waals surface area contributed by atoms with E-state index >= 15 is 0 Å². The summed E-state index contributed by atoms with van der Waals surface area (Å²) in [4.78, 5) is 26.8. The van der Waals surface area contributed by atoms with E-state index in [4.69, 9.17) is 4.74 Å². The van der Waals surface area contributed by atoms with Gasteiger partial charge >= 0.3 is 0 Å². The van der Waals surface area contributed by atoms with Gasteiger partial charge in [0, 0.05) is 18.2 Å². The number of nitrogens with zero attached hydrogens (tertiary/aromatic N) is 1. The molecule has 3 rings (SSSR count). The number of methoxy groups -OCH3 is 1. The quantitative estimate of drug-likeness (QED) is 0.613. The molecule has 1 atom stereocenters. The van der Waals surface area contributed by atoms with Crippen LogP contribution in [-0.2, 0) is 11.3 Å². The topological polar surface area (TPSA) is 70.7 Å². The van der Waals surface area contributed by atoms with Gasteiger partial charge in [0.1, 0.15) is 5.75 Å². The zero-order valence-electron chi connectivity index (χ0n) is 18.9. The second-order valence-corrected chi connectivity index (χ2v) is 8.68. The summed E-state index contributed by atoms with van der Waals surface area (Å²) in [5.74, 6) is 1.03. The fourth-order valence-corrected chi connectivity index (χ4v) is 3.54. The number of nitrogens with one attached hydrogen (secondary N) is 2. The number of amides is 2. The van der Waals surface area contributed by atoms with E-state index in [-0.39, 0.29) is 23.8 Å². The summed E-state index contributed by atoms with van der Waals surface area (Å²) in [5.41, 5.74) is 2.80. The molecule has 6 heteroatoms. The van der Waals surface area contributed by atoms with Gasteiger partial charge in [0.25, 0.3) is 5.91 Å². The number of hydrogen-bond acceptors (Lipinski definition) is 4. The van der Waals surface area contributed by atoms with Gasteiger partial charge in [-0.3, -0.25) is 14.5 Å². The number of likely N-dealkylation sites (N-methyl/N-ethyl adjacent to an activating group) is 1. The standard InChI is InChI=1S/C25H33N3O3/c1-17(2)24(19-9-13-22(31-4)14-10-19)27-23(29)16-28(3)15-18-5-7-20(8-6-18)25(30)26-21-11-12-21/h5-10,13-14,17,21,24H,11-12,15-16H2,1-4H3,(H,26,30)(H,27,29). The number of rotatable bonds is 10. The second kappa shape index (κ2) is 10.4. The maximum absolute atomic E-state index is 12.7. The Bertz CT molecular complexity index is 874. The number of carbonyl (C=O) groups is 2. The minimum atomic E-state index is -0.0592. The van der Waals surface area contributed by atoms with Crippen LogP contribution in [0.1, 0.15) is 54.2 Å². The van der Waals surface area contributed by atoms with Crippen molar-refractivity contribution in [1.29, 1.82) is 0 Å². The van der Waals surface area contributed by atoms with Gasteiger partial charge in [-0.05, 0) is 61.2 Å². The highest BCUT2D eigenvalue weighted by molar-refractivity contribution is 5.94. The van der Waals surface area contributed by atoms with Gasteiger partial charge in [-0.1, -0.05) is 38.1 Å². The van der Waals surface area contributed by atoms with E-state index in [9.17, 15) is 9.59 Å². The first kappa shape index (κ1) is 22.8. The fourth-order valence-electron chi connectivity index (χ4n) is 3.54. The Morgan fingerprint density at radius 1 is 1.06 bits per heavy atom. The normalized spacial score (nSPS) is 14.4. The van der Waals surface area contributed by atoms with Crippen molar-refractivity contribution >= 4 is 11.8 Å². The van der Waals surface area contributed by atoms with Crippen LogP contribution in [0, 0.1) is 5.92 Å². The van der Waals surface area contributed by atoms with Gasteiger partial charge in [-0.2, -0.15) is 0 Å². The Hall–Kier alpha value is -2.86. The molecule has 0 spiro atoms. The van der Waals surface area contributed by atoms with E-state index in [1.54, 1.807) is 7.11 Å². The molecule has 166 valence electrons. The Balaban J connectivity index is 1.51. The number of ether oxygens (including phenoxy) is 1. The molecule has 0 saturated heterocycles. The third-order valence-electron chi connectivity index (χ3n) is 5.45. The van der Waals surface area contributed by atoms with Crippen LogP contribution in [0.5, 0.6) is 5.75 Å². The molecule has 2 amide bonds. The second-order valence-electron chi connectivity index (χ2n) is 8.68. The average molecular weight is 424 g/mol. The van der Waals surface area contributed by atoms with Crippen molar-refractivity contribution in [2.45, 2.75) is 45.3 Å². The van der Waals surface area contributed by atoms with E-state index in [1.807, 2.05) is 60.5 Å². The van der Waals surface area contributed by atoms with Crippen LogP contribution in [0.25, 0.3) is 0 Å². The Labute approximate surface area is 185 Å². The monoisotopic (exact) mass is 423 g/mol. The summed E-state index contributed by atoms with van der Waals surface area (Å²) in [6.45, 7) is 5.12. The molecule has 2 N–H and O–H groups in total. The largest absolute Gasteiger partial charge is 0.497 e. The van der Waals surface area contributed by atoms with Crippen LogP contribution in [0.3, 0.4) is 0 Å². The Kier molecular flexibility index (Phi) is 7.69. The number of benzene rings is 2. The maximum atomic E-state index is 12.7. The molecule has 0 aromatic heterocycles. The number of carbonyl (C=O) groups excluding carboxylic acids is 2. The Morgan fingerprint density at radius 2 is 1.71 bits per heavy atom. The van der Waals surface area contributed by atoms with Crippen molar-refractivity contribution in [1.82, 2.24) is 15.5 Å². The van der Waals surface area contributed by atoms with Gasteiger partial charge in [-0.15, -0.1) is 0 Å². The van der Waals surface area contributed by atoms with Gasteiger partial charge in [-0.25, -0.2) is 0 Å². The minimum Gasteiger partial charge on any atom is -0.497 e. The van der Waals surface area contributed by atoms with Crippen LogP contribution in [0.2, 0.25) is 0 Å². The third kappa shape index (κ3) is 6.82. The van der Waals surface area contributed by atoms with Crippen molar-refractivity contribution in [3.63, 3.8) is 0 Å². The minimum absolute atomic E-state index is 0.0139. The summed E-state index contributed by atoms with van der Waals surface area (Å²) in [6.07, 6.45) is 2.15. The first-order valence-corrected chi connectivity index (χ1v) is 10.9. The molecule has 2 aromatic carbocycles. The molecule has 31 heavy (non-hydrogen) atoms. The van der Waals surface area contributed by atoms with Crippen molar-refractivity contribution in [3.8, 4) is 5.75 Å². The van der Waals surface area contributed by atoms with Crippen molar-refractivity contribution in [2.75, 3.05) is 20.7 Å². The van der Waals surface area contributed by atoms with E-state index in [1.165, 1.54) is 0 Å². The summed E-state index contributed by atoms with van der Waals surface area (Å²) in [5, 5.41) is 6.15. The lowest BCUT2D eigenvalue weighted by molar-refractivity contribution is -0.123. The van der Waals surface area contributed by atoms with Crippen LogP contribution in [0.15, 0.2) is 48.5 Å². The molecule has 0 bridgehead atoms. The molecule has 2 aromatic rings. The third-order valence-corrected chi connectivity index (χ3v) is 5.45. The first-order valence-electron chi connectivity index (χ1n) is 10.9. The van der Waals surface area contributed by atoms with Gasteiger partial charge in [0.2, 0.25) is 5.91 Å².